The van der Waals surface area contributed by atoms with Crippen LogP contribution in [-0.4, -0.2) is 16.2 Å². The van der Waals surface area contributed by atoms with Crippen molar-refractivity contribution >= 4 is 17.5 Å². The van der Waals surface area contributed by atoms with Gasteiger partial charge in [0, 0.05) is 11.1 Å². The van der Waals surface area contributed by atoms with E-state index in [0.29, 0.717) is 17.9 Å². The molecule has 0 aliphatic rings. The van der Waals surface area contributed by atoms with Crippen LogP contribution in [0.4, 0.5) is 0 Å². The lowest BCUT2D eigenvalue weighted by Gasteiger charge is -2.10. The lowest BCUT2D eigenvalue weighted by Crippen LogP contribution is -2.14. The van der Waals surface area contributed by atoms with Gasteiger partial charge in [-0.15, -0.1) is 0 Å². The summed E-state index contributed by atoms with van der Waals surface area (Å²) in [6.07, 6.45) is 3.27. The van der Waals surface area contributed by atoms with Crippen molar-refractivity contribution in [2.24, 2.45) is 0 Å². The number of amides is 1. The number of carbonyl (C=O) groups excluding carboxylic acids is 1. The number of aliphatic hydroxyl groups is 1. The molecular formula is C18H18ClNO3. The van der Waals surface area contributed by atoms with E-state index in [2.05, 4.69) is 0 Å². The Hall–Kier alpha value is -2.14. The summed E-state index contributed by atoms with van der Waals surface area (Å²) in [6.45, 7) is 0. The molecule has 0 bridgehead atoms. The van der Waals surface area contributed by atoms with Crippen molar-refractivity contribution in [2.45, 2.75) is 18.9 Å². The molecule has 4 nitrogen and oxygen atoms in total. The van der Waals surface area contributed by atoms with E-state index < -0.39 is 12.0 Å². The van der Waals surface area contributed by atoms with E-state index >= 15 is 0 Å². The van der Waals surface area contributed by atoms with Gasteiger partial charge in [-0.05, 0) is 41.7 Å². The van der Waals surface area contributed by atoms with Gasteiger partial charge in [-0.25, -0.2) is 5.48 Å². The van der Waals surface area contributed by atoms with Crippen molar-refractivity contribution < 1.29 is 15.1 Å². The summed E-state index contributed by atoms with van der Waals surface area (Å²) in [4.78, 5) is 10.8. The van der Waals surface area contributed by atoms with E-state index in [0.717, 1.165) is 16.7 Å². The van der Waals surface area contributed by atoms with E-state index in [1.165, 1.54) is 11.6 Å². The molecule has 120 valence electrons. The highest BCUT2D eigenvalue weighted by Gasteiger charge is 2.07. The zero-order chi connectivity index (χ0) is 16.7. The highest BCUT2D eigenvalue weighted by molar-refractivity contribution is 6.30. The number of rotatable bonds is 6. The quantitative estimate of drug-likeness (QED) is 0.427. The van der Waals surface area contributed by atoms with Crippen LogP contribution in [0.2, 0.25) is 5.02 Å². The zero-order valence-corrected chi connectivity index (χ0v) is 13.2. The smallest absolute Gasteiger partial charge is 0.267 e. The SMILES string of the molecule is O=C(C=CCCC(O)c1ccc(-c2ccc(Cl)cc2)cc1)NO. The Morgan fingerprint density at radius 1 is 1.09 bits per heavy atom. The largest absolute Gasteiger partial charge is 0.388 e. The first-order valence-corrected chi connectivity index (χ1v) is 7.62. The summed E-state index contributed by atoms with van der Waals surface area (Å²) in [6, 6.07) is 15.3. The number of hydroxylamine groups is 1. The first-order valence-electron chi connectivity index (χ1n) is 7.24. The van der Waals surface area contributed by atoms with Crippen LogP contribution >= 0.6 is 11.6 Å². The maximum absolute atomic E-state index is 10.8. The van der Waals surface area contributed by atoms with Crippen molar-refractivity contribution in [3.05, 3.63) is 71.3 Å². The molecule has 0 radical (unpaired) electrons. The van der Waals surface area contributed by atoms with Crippen LogP contribution < -0.4 is 5.48 Å². The maximum atomic E-state index is 10.8. The Balaban J connectivity index is 1.94. The second-order valence-electron chi connectivity index (χ2n) is 5.10. The standard InChI is InChI=1S/C18H18ClNO3/c19-16-11-9-14(10-12-16)13-5-7-15(8-6-13)17(21)3-1-2-4-18(22)20-23/h2,4-12,17,21,23H,1,3H2,(H,20,22). The van der Waals surface area contributed by atoms with E-state index in [-0.39, 0.29) is 0 Å². The molecule has 0 aromatic heterocycles. The van der Waals surface area contributed by atoms with E-state index in [1.807, 2.05) is 48.5 Å². The van der Waals surface area contributed by atoms with E-state index in [1.54, 1.807) is 6.08 Å². The molecule has 0 saturated carbocycles. The van der Waals surface area contributed by atoms with Crippen LogP contribution in [0.25, 0.3) is 11.1 Å². The molecule has 0 saturated heterocycles. The van der Waals surface area contributed by atoms with Gasteiger partial charge in [0.1, 0.15) is 0 Å². The van der Waals surface area contributed by atoms with Crippen LogP contribution in [0.15, 0.2) is 60.7 Å². The molecule has 0 aliphatic heterocycles. The first kappa shape index (κ1) is 17.2. The Morgan fingerprint density at radius 3 is 2.22 bits per heavy atom. The summed E-state index contributed by atoms with van der Waals surface area (Å²) in [5, 5.41) is 19.2. The molecule has 5 heteroatoms. The van der Waals surface area contributed by atoms with Gasteiger partial charge < -0.3 is 5.11 Å². The summed E-state index contributed by atoms with van der Waals surface area (Å²) < 4.78 is 0. The molecule has 0 fully saturated rings. The number of hydrogen-bond donors (Lipinski definition) is 3. The molecule has 2 rings (SSSR count). The third-order valence-corrected chi connectivity index (χ3v) is 3.71. The fourth-order valence-electron chi connectivity index (χ4n) is 2.19. The number of aliphatic hydroxyl groups excluding tert-OH is 1. The van der Waals surface area contributed by atoms with Crippen molar-refractivity contribution in [3.63, 3.8) is 0 Å². The molecule has 0 spiro atoms. The minimum atomic E-state index is -0.601. The summed E-state index contributed by atoms with van der Waals surface area (Å²) in [5.41, 5.74) is 4.45. The van der Waals surface area contributed by atoms with Gasteiger partial charge in [-0.1, -0.05) is 54.1 Å². The topological polar surface area (TPSA) is 69.6 Å². The van der Waals surface area contributed by atoms with Crippen LogP contribution in [0.5, 0.6) is 0 Å². The average molecular weight is 332 g/mol. The number of benzene rings is 2. The predicted octanol–water partition coefficient (Wildman–Crippen LogP) is 3.88. The Morgan fingerprint density at radius 2 is 1.65 bits per heavy atom. The maximum Gasteiger partial charge on any atom is 0.267 e. The predicted molar refractivity (Wildman–Crippen MR) is 90.2 cm³/mol. The minimum Gasteiger partial charge on any atom is -0.388 e. The fourth-order valence-corrected chi connectivity index (χ4v) is 2.31. The third kappa shape index (κ3) is 5.21. The second-order valence-corrected chi connectivity index (χ2v) is 5.54. The highest BCUT2D eigenvalue weighted by Crippen LogP contribution is 2.25. The Kier molecular flexibility index (Phi) is 6.35. The number of nitrogens with one attached hydrogen (secondary N) is 1. The molecule has 1 atom stereocenters. The lowest BCUT2D eigenvalue weighted by molar-refractivity contribution is -0.124. The van der Waals surface area contributed by atoms with E-state index in [4.69, 9.17) is 16.8 Å². The van der Waals surface area contributed by atoms with Gasteiger partial charge in [0.15, 0.2) is 0 Å². The lowest BCUT2D eigenvalue weighted by atomic mass is 10.00. The molecule has 2 aromatic rings. The number of hydrogen-bond acceptors (Lipinski definition) is 3. The van der Waals surface area contributed by atoms with Gasteiger partial charge >= 0.3 is 0 Å². The van der Waals surface area contributed by atoms with Gasteiger partial charge in [-0.2, -0.15) is 0 Å². The van der Waals surface area contributed by atoms with E-state index in [9.17, 15) is 9.90 Å². The molecule has 0 heterocycles. The fraction of sp³-hybridized carbons (Fsp3) is 0.167. The Labute approximate surface area is 140 Å². The summed E-state index contributed by atoms with van der Waals surface area (Å²) in [5.74, 6) is -0.577. The minimum absolute atomic E-state index is 0.496. The highest BCUT2D eigenvalue weighted by atomic mass is 35.5. The first-order chi connectivity index (χ1) is 11.1. The van der Waals surface area contributed by atoms with Gasteiger partial charge in [0.2, 0.25) is 0 Å². The molecule has 23 heavy (non-hydrogen) atoms. The van der Waals surface area contributed by atoms with Crippen LogP contribution in [0.3, 0.4) is 0 Å². The number of allylic oxidation sites excluding steroid dienone is 1. The molecule has 3 N–H and O–H groups in total. The van der Waals surface area contributed by atoms with Gasteiger partial charge in [-0.3, -0.25) is 10.0 Å². The third-order valence-electron chi connectivity index (χ3n) is 3.46. The zero-order valence-electron chi connectivity index (χ0n) is 12.4. The summed E-state index contributed by atoms with van der Waals surface area (Å²) in [7, 11) is 0. The van der Waals surface area contributed by atoms with Crippen molar-refractivity contribution in [2.75, 3.05) is 0 Å². The van der Waals surface area contributed by atoms with Crippen molar-refractivity contribution in [3.8, 4) is 11.1 Å². The van der Waals surface area contributed by atoms with Gasteiger partial charge in [0.05, 0.1) is 6.10 Å². The van der Waals surface area contributed by atoms with Crippen LogP contribution in [-0.2, 0) is 4.79 Å². The average Bonchev–Trinajstić information content (AvgIpc) is 2.59. The molecular weight excluding hydrogens is 314 g/mol. The molecule has 1 unspecified atom stereocenters. The second kappa shape index (κ2) is 8.48. The number of carbonyl (C=O) groups is 1. The molecule has 2 aromatic carbocycles. The molecule has 0 aliphatic carbocycles. The van der Waals surface area contributed by atoms with Gasteiger partial charge in [0.25, 0.3) is 5.91 Å². The normalized spacial score (nSPS) is 12.3. The number of halogens is 1. The van der Waals surface area contributed by atoms with Crippen LogP contribution in [0, 0.1) is 0 Å². The van der Waals surface area contributed by atoms with Crippen molar-refractivity contribution in [1.29, 1.82) is 0 Å². The molecule has 1 amide bonds. The van der Waals surface area contributed by atoms with Crippen molar-refractivity contribution in [1.82, 2.24) is 5.48 Å². The monoisotopic (exact) mass is 331 g/mol. The summed E-state index contributed by atoms with van der Waals surface area (Å²) >= 11 is 5.88. The van der Waals surface area contributed by atoms with Crippen LogP contribution in [0.1, 0.15) is 24.5 Å². The Bertz CT molecular complexity index is 666.